The molecule has 2 atom stereocenters. The average molecular weight is 639 g/mol. The Labute approximate surface area is 268 Å². The van der Waals surface area contributed by atoms with Crippen molar-refractivity contribution in [2.24, 2.45) is 0 Å². The van der Waals surface area contributed by atoms with Crippen molar-refractivity contribution in [2.75, 3.05) is 14.1 Å². The smallest absolute Gasteiger partial charge is 0.426 e. The minimum absolute atomic E-state index is 0.426. The summed E-state index contributed by atoms with van der Waals surface area (Å²) in [6.07, 6.45) is -1.59. The molecule has 2 N–H and O–H groups in total. The first-order valence-corrected chi connectivity index (χ1v) is 14.5. The topological polar surface area (TPSA) is 158 Å². The van der Waals surface area contributed by atoms with Gasteiger partial charge < -0.3 is 9.47 Å². The number of hydrogen-bond donors (Lipinski definition) is 2. The van der Waals surface area contributed by atoms with Gasteiger partial charge >= 0.3 is 24.2 Å². The van der Waals surface area contributed by atoms with Crippen molar-refractivity contribution in [1.82, 2.24) is 30.7 Å². The zero-order valence-electron chi connectivity index (χ0n) is 27.8. The van der Waals surface area contributed by atoms with Crippen molar-refractivity contribution in [3.63, 3.8) is 0 Å². The number of benzene rings is 2. The first kappa shape index (κ1) is 35.3. The van der Waals surface area contributed by atoms with Crippen LogP contribution in [0.2, 0.25) is 0 Å². The number of urea groups is 2. The van der Waals surface area contributed by atoms with E-state index in [4.69, 9.17) is 9.47 Å². The summed E-state index contributed by atoms with van der Waals surface area (Å²) in [5.41, 5.74) is 1.89. The molecule has 2 aromatic rings. The molecule has 2 aliphatic rings. The van der Waals surface area contributed by atoms with Gasteiger partial charge in [-0.2, -0.15) is 0 Å². The number of carbonyl (C=O) groups is 6. The van der Waals surface area contributed by atoms with Crippen LogP contribution >= 0.6 is 0 Å². The van der Waals surface area contributed by atoms with Gasteiger partial charge in [-0.1, -0.05) is 60.7 Å². The summed E-state index contributed by atoms with van der Waals surface area (Å²) in [5, 5.41) is 2.03. The van der Waals surface area contributed by atoms with Crippen LogP contribution < -0.4 is 10.9 Å². The summed E-state index contributed by atoms with van der Waals surface area (Å²) >= 11 is 0. The van der Waals surface area contributed by atoms with Gasteiger partial charge in [0.1, 0.15) is 11.2 Å². The number of rotatable bonds is 4. The number of amides is 8. The van der Waals surface area contributed by atoms with E-state index in [1.165, 1.54) is 14.1 Å². The van der Waals surface area contributed by atoms with E-state index in [9.17, 15) is 28.8 Å². The normalized spacial score (nSPS) is 21.6. The molecular weight excluding hydrogens is 596 g/mol. The number of nitrogens with zero attached hydrogens (tertiary/aromatic N) is 4. The highest BCUT2D eigenvalue weighted by Crippen LogP contribution is 2.36. The van der Waals surface area contributed by atoms with E-state index < -0.39 is 58.3 Å². The van der Waals surface area contributed by atoms with Gasteiger partial charge in [0, 0.05) is 14.1 Å². The molecule has 8 amide bonds. The molecular formula is C32H42N6O8. The van der Waals surface area contributed by atoms with Crippen molar-refractivity contribution < 1.29 is 38.2 Å². The largest absolute Gasteiger partial charge is 0.443 e. The minimum Gasteiger partial charge on any atom is -0.443 e. The van der Waals surface area contributed by atoms with Crippen molar-refractivity contribution in [1.29, 1.82) is 0 Å². The number of carbonyl (C=O) groups excluding carboxylic acids is 6. The van der Waals surface area contributed by atoms with E-state index in [1.807, 2.05) is 12.1 Å². The van der Waals surface area contributed by atoms with Crippen molar-refractivity contribution in [2.45, 2.75) is 77.7 Å². The van der Waals surface area contributed by atoms with Gasteiger partial charge in [0.25, 0.3) is 11.8 Å². The molecule has 0 unspecified atom stereocenters. The Bertz CT molecular complexity index is 1390. The molecule has 0 spiro atoms. The first-order chi connectivity index (χ1) is 21.1. The van der Waals surface area contributed by atoms with E-state index in [0.29, 0.717) is 11.1 Å². The van der Waals surface area contributed by atoms with Gasteiger partial charge in [0.05, 0.1) is 0 Å². The molecule has 14 nitrogen and oxygen atoms in total. The van der Waals surface area contributed by atoms with Crippen LogP contribution in [0.15, 0.2) is 60.7 Å². The van der Waals surface area contributed by atoms with Crippen LogP contribution in [0, 0.1) is 0 Å². The fourth-order valence-corrected chi connectivity index (χ4v) is 4.83. The number of hydrogen-bond acceptors (Lipinski definition) is 8. The summed E-state index contributed by atoms with van der Waals surface area (Å²) in [6, 6.07) is 16.4. The summed E-state index contributed by atoms with van der Waals surface area (Å²) in [7, 11) is 2.76. The molecule has 248 valence electrons. The van der Waals surface area contributed by atoms with Crippen LogP contribution in [0.4, 0.5) is 19.2 Å². The zero-order chi connectivity index (χ0) is 34.8. The van der Waals surface area contributed by atoms with Crippen molar-refractivity contribution in [3.05, 3.63) is 71.8 Å². The lowest BCUT2D eigenvalue weighted by Crippen LogP contribution is -2.54. The molecule has 14 heteroatoms. The van der Waals surface area contributed by atoms with E-state index in [1.54, 1.807) is 104 Å². The Morgan fingerprint density at radius 2 is 0.870 bits per heavy atom. The maximum atomic E-state index is 12.6. The standard InChI is InChI=1S/2C16H21N3O4/c2*1-15(2,3)23-13(21)17-19-14(22)18(5)12(20)16(19,4)11-9-7-6-8-10-11/h2*6-10H,1-5H3,(H,17,21)/t2*16-/m11/s1. The predicted molar refractivity (Wildman–Crippen MR) is 166 cm³/mol. The Morgan fingerprint density at radius 1 is 0.587 bits per heavy atom. The van der Waals surface area contributed by atoms with E-state index in [-0.39, 0.29) is 0 Å². The third kappa shape index (κ3) is 7.05. The van der Waals surface area contributed by atoms with Gasteiger partial charge in [0.15, 0.2) is 11.1 Å². The summed E-state index contributed by atoms with van der Waals surface area (Å²) in [6.45, 7) is 13.5. The molecule has 2 aromatic carbocycles. The number of nitrogens with one attached hydrogen (secondary N) is 2. The average Bonchev–Trinajstić information content (AvgIpc) is 3.24. The molecule has 0 aliphatic carbocycles. The SMILES string of the molecule is CN1C(=O)N(NC(=O)OC(C)(C)C)[C@](C)(c2ccccc2)C1=O.CN1C(=O)N(NC(=O)OC(C)(C)C)[C@](C)(c2ccccc2)C1=O. The Hall–Kier alpha value is -5.14. The monoisotopic (exact) mass is 638 g/mol. The van der Waals surface area contributed by atoms with Crippen LogP contribution in [0.25, 0.3) is 0 Å². The number of likely N-dealkylation sites (N-methyl/N-ethyl adjacent to an activating group) is 2. The van der Waals surface area contributed by atoms with Crippen LogP contribution in [0.3, 0.4) is 0 Å². The quantitative estimate of drug-likeness (QED) is 0.465. The third-order valence-corrected chi connectivity index (χ3v) is 7.17. The lowest BCUT2D eigenvalue weighted by molar-refractivity contribution is -0.133. The number of ether oxygens (including phenoxy) is 2. The van der Waals surface area contributed by atoms with Crippen LogP contribution in [0.5, 0.6) is 0 Å². The molecule has 0 aromatic heterocycles. The number of imide groups is 2. The first-order valence-electron chi connectivity index (χ1n) is 14.5. The molecule has 2 saturated heterocycles. The summed E-state index contributed by atoms with van der Waals surface area (Å²) < 4.78 is 10.3. The molecule has 0 radical (unpaired) electrons. The van der Waals surface area contributed by atoms with Crippen molar-refractivity contribution in [3.8, 4) is 0 Å². The fourth-order valence-electron chi connectivity index (χ4n) is 4.83. The Balaban J connectivity index is 0.000000250. The maximum absolute atomic E-state index is 12.6. The van der Waals surface area contributed by atoms with Gasteiger partial charge in [-0.05, 0) is 66.5 Å². The van der Waals surface area contributed by atoms with Crippen LogP contribution in [-0.4, -0.2) is 81.2 Å². The lowest BCUT2D eigenvalue weighted by atomic mass is 9.91. The second kappa shape index (κ2) is 12.7. The highest BCUT2D eigenvalue weighted by molar-refractivity contribution is 6.08. The summed E-state index contributed by atoms with van der Waals surface area (Å²) in [4.78, 5) is 75.9. The molecule has 2 fully saturated rings. The van der Waals surface area contributed by atoms with Crippen LogP contribution in [0.1, 0.15) is 66.5 Å². The lowest BCUT2D eigenvalue weighted by Gasteiger charge is -2.32. The zero-order valence-corrected chi connectivity index (χ0v) is 27.8. The Kier molecular flexibility index (Phi) is 9.75. The van der Waals surface area contributed by atoms with E-state index in [2.05, 4.69) is 10.9 Å². The third-order valence-electron chi connectivity index (χ3n) is 7.17. The molecule has 4 rings (SSSR count). The van der Waals surface area contributed by atoms with E-state index in [0.717, 1.165) is 19.8 Å². The Morgan fingerprint density at radius 3 is 1.13 bits per heavy atom. The van der Waals surface area contributed by atoms with Gasteiger partial charge in [-0.15, -0.1) is 0 Å². The maximum Gasteiger partial charge on any atom is 0.426 e. The predicted octanol–water partition coefficient (Wildman–Crippen LogP) is 4.47. The second-order valence-electron chi connectivity index (χ2n) is 13.1. The van der Waals surface area contributed by atoms with Gasteiger partial charge in [0.2, 0.25) is 0 Å². The highest BCUT2D eigenvalue weighted by Gasteiger charge is 2.56. The molecule has 2 aliphatic heterocycles. The molecule has 46 heavy (non-hydrogen) atoms. The fraction of sp³-hybridized carbons (Fsp3) is 0.438. The molecule has 0 saturated carbocycles. The number of hydrazine groups is 2. The summed E-state index contributed by atoms with van der Waals surface area (Å²) in [5.74, 6) is -0.852. The van der Waals surface area contributed by atoms with Gasteiger partial charge in [-0.25, -0.2) is 40.0 Å². The molecule has 2 heterocycles. The molecule has 0 bridgehead atoms. The van der Waals surface area contributed by atoms with Crippen molar-refractivity contribution >= 4 is 36.1 Å². The van der Waals surface area contributed by atoms with Gasteiger partial charge in [-0.3, -0.25) is 19.4 Å². The highest BCUT2D eigenvalue weighted by atomic mass is 16.6. The minimum atomic E-state index is -1.33. The van der Waals surface area contributed by atoms with E-state index >= 15 is 0 Å². The van der Waals surface area contributed by atoms with Crippen LogP contribution in [-0.2, 0) is 30.1 Å². The second-order valence-corrected chi connectivity index (χ2v) is 13.1.